The number of benzene rings is 1. The fraction of sp³-hybridized carbons (Fsp3) is 0.370. The number of imidazole rings is 1. The standard InChI is InChI=1S/C27H30N4O5/c1-3-36-20-9-7-19(8-10-20)24-22(25(32)23-18(2)28-21-6-4-5-11-30(21)23)26(33)27(34)31(24)13-12-29-14-16-35-17-15-29/h4-11,24,32H,3,12-17H2,1-2H3/t24-/m0/s1. The highest BCUT2D eigenvalue weighted by molar-refractivity contribution is 6.46. The molecular weight excluding hydrogens is 460 g/mol. The molecule has 2 aliphatic rings. The zero-order chi connectivity index (χ0) is 25.2. The fourth-order valence-electron chi connectivity index (χ4n) is 4.97. The van der Waals surface area contributed by atoms with Crippen molar-refractivity contribution in [3.63, 3.8) is 0 Å². The first kappa shape index (κ1) is 24.0. The number of carbonyl (C=O) groups excluding carboxylic acids is 2. The molecule has 188 valence electrons. The van der Waals surface area contributed by atoms with Crippen molar-refractivity contribution in [2.24, 2.45) is 0 Å². The van der Waals surface area contributed by atoms with Crippen LogP contribution >= 0.6 is 0 Å². The van der Waals surface area contributed by atoms with Gasteiger partial charge in [-0.05, 0) is 43.7 Å². The third kappa shape index (κ3) is 4.36. The first-order chi connectivity index (χ1) is 17.5. The van der Waals surface area contributed by atoms with Crippen LogP contribution in [0.4, 0.5) is 0 Å². The van der Waals surface area contributed by atoms with Gasteiger partial charge in [-0.15, -0.1) is 0 Å². The minimum atomic E-state index is -0.727. The molecule has 36 heavy (non-hydrogen) atoms. The predicted octanol–water partition coefficient (Wildman–Crippen LogP) is 2.80. The number of aliphatic hydroxyl groups is 1. The van der Waals surface area contributed by atoms with E-state index in [4.69, 9.17) is 9.47 Å². The molecule has 2 aromatic heterocycles. The van der Waals surface area contributed by atoms with Gasteiger partial charge in [0, 0.05) is 32.4 Å². The third-order valence-electron chi connectivity index (χ3n) is 6.74. The number of pyridine rings is 1. The Morgan fingerprint density at radius 1 is 1.11 bits per heavy atom. The number of ketones is 1. The second-order valence-corrected chi connectivity index (χ2v) is 8.92. The van der Waals surface area contributed by atoms with Crippen molar-refractivity contribution in [2.45, 2.75) is 19.9 Å². The molecule has 0 unspecified atom stereocenters. The lowest BCUT2D eigenvalue weighted by Crippen LogP contribution is -2.42. The summed E-state index contributed by atoms with van der Waals surface area (Å²) < 4.78 is 12.7. The molecular formula is C27H30N4O5. The lowest BCUT2D eigenvalue weighted by Gasteiger charge is -2.31. The van der Waals surface area contributed by atoms with Crippen LogP contribution in [0.2, 0.25) is 0 Å². The normalized spacial score (nSPS) is 20.4. The molecule has 1 N–H and O–H groups in total. The minimum Gasteiger partial charge on any atom is -0.505 e. The summed E-state index contributed by atoms with van der Waals surface area (Å²) in [6.07, 6.45) is 1.78. The van der Waals surface area contributed by atoms with Gasteiger partial charge >= 0.3 is 0 Å². The maximum Gasteiger partial charge on any atom is 0.295 e. The molecule has 2 aliphatic heterocycles. The number of rotatable bonds is 7. The van der Waals surface area contributed by atoms with Crippen LogP contribution in [0.5, 0.6) is 5.75 Å². The van der Waals surface area contributed by atoms with Crippen LogP contribution < -0.4 is 4.74 Å². The van der Waals surface area contributed by atoms with Crippen LogP contribution in [-0.2, 0) is 14.3 Å². The summed E-state index contributed by atoms with van der Waals surface area (Å²) in [5.74, 6) is -0.838. The Balaban J connectivity index is 1.59. The molecule has 1 amide bonds. The van der Waals surface area contributed by atoms with Crippen LogP contribution in [0.3, 0.4) is 0 Å². The summed E-state index contributed by atoms with van der Waals surface area (Å²) in [6, 6.07) is 12.1. The summed E-state index contributed by atoms with van der Waals surface area (Å²) in [4.78, 5) is 35.0. The summed E-state index contributed by atoms with van der Waals surface area (Å²) in [7, 11) is 0. The SMILES string of the molecule is CCOc1ccc([C@H]2C(=C(O)c3c(C)nc4ccccn34)C(=O)C(=O)N2CCN2CCOCC2)cc1. The van der Waals surface area contributed by atoms with E-state index in [1.807, 2.05) is 49.4 Å². The molecule has 4 heterocycles. The van der Waals surface area contributed by atoms with Gasteiger partial charge in [-0.3, -0.25) is 18.9 Å². The van der Waals surface area contributed by atoms with Crippen LogP contribution in [0.25, 0.3) is 11.4 Å². The Morgan fingerprint density at radius 3 is 2.58 bits per heavy atom. The molecule has 0 radical (unpaired) electrons. The molecule has 1 aromatic carbocycles. The van der Waals surface area contributed by atoms with Gasteiger partial charge in [0.05, 0.1) is 37.1 Å². The molecule has 5 rings (SSSR count). The lowest BCUT2D eigenvalue weighted by atomic mass is 9.96. The Morgan fingerprint density at radius 2 is 1.86 bits per heavy atom. The van der Waals surface area contributed by atoms with Gasteiger partial charge in [-0.2, -0.15) is 0 Å². The molecule has 2 saturated heterocycles. The summed E-state index contributed by atoms with van der Waals surface area (Å²) >= 11 is 0. The van der Waals surface area contributed by atoms with Crippen molar-refractivity contribution < 1.29 is 24.2 Å². The number of aryl methyl sites for hydroxylation is 1. The quantitative estimate of drug-likeness (QED) is 0.309. The van der Waals surface area contributed by atoms with Crippen molar-refractivity contribution in [1.82, 2.24) is 19.2 Å². The molecule has 9 heteroatoms. The van der Waals surface area contributed by atoms with E-state index in [0.717, 1.165) is 18.7 Å². The summed E-state index contributed by atoms with van der Waals surface area (Å²) in [5.41, 5.74) is 2.43. The highest BCUT2D eigenvalue weighted by Crippen LogP contribution is 2.40. The van der Waals surface area contributed by atoms with Gasteiger partial charge in [-0.1, -0.05) is 18.2 Å². The van der Waals surface area contributed by atoms with Crippen molar-refractivity contribution in [3.8, 4) is 5.75 Å². The Bertz CT molecular complexity index is 1310. The molecule has 9 nitrogen and oxygen atoms in total. The van der Waals surface area contributed by atoms with E-state index in [0.29, 0.717) is 55.7 Å². The smallest absolute Gasteiger partial charge is 0.295 e. The average Bonchev–Trinajstić information content (AvgIpc) is 3.36. The van der Waals surface area contributed by atoms with Crippen LogP contribution in [0.1, 0.15) is 29.9 Å². The van der Waals surface area contributed by atoms with E-state index in [-0.39, 0.29) is 11.3 Å². The molecule has 0 spiro atoms. The summed E-state index contributed by atoms with van der Waals surface area (Å²) in [5, 5.41) is 11.5. The number of ether oxygens (including phenoxy) is 2. The highest BCUT2D eigenvalue weighted by Gasteiger charge is 2.46. The number of aromatic nitrogens is 2. The van der Waals surface area contributed by atoms with Crippen molar-refractivity contribution in [3.05, 3.63) is 71.2 Å². The van der Waals surface area contributed by atoms with Gasteiger partial charge in [0.1, 0.15) is 17.1 Å². The van der Waals surface area contributed by atoms with Crippen molar-refractivity contribution >= 4 is 23.1 Å². The number of hydrogen-bond acceptors (Lipinski definition) is 7. The number of carbonyl (C=O) groups is 2. The van der Waals surface area contributed by atoms with Crippen molar-refractivity contribution in [1.29, 1.82) is 0 Å². The Hall–Kier alpha value is -3.69. The zero-order valence-electron chi connectivity index (χ0n) is 20.5. The largest absolute Gasteiger partial charge is 0.505 e. The van der Waals surface area contributed by atoms with Crippen LogP contribution in [-0.4, -0.2) is 82.0 Å². The number of amides is 1. The Kier molecular flexibility index (Phi) is 6.75. The molecule has 2 fully saturated rings. The average molecular weight is 491 g/mol. The van der Waals surface area contributed by atoms with Crippen molar-refractivity contribution in [2.75, 3.05) is 46.0 Å². The lowest BCUT2D eigenvalue weighted by molar-refractivity contribution is -0.140. The Labute approximate surface area is 209 Å². The van der Waals surface area contributed by atoms with E-state index < -0.39 is 17.7 Å². The number of likely N-dealkylation sites (tertiary alicyclic amines) is 1. The summed E-state index contributed by atoms with van der Waals surface area (Å²) in [6.45, 7) is 8.03. The topological polar surface area (TPSA) is 96.6 Å². The fourth-order valence-corrected chi connectivity index (χ4v) is 4.97. The third-order valence-corrected chi connectivity index (χ3v) is 6.74. The van der Waals surface area contributed by atoms with Gasteiger partial charge in [0.2, 0.25) is 0 Å². The molecule has 1 atom stereocenters. The van der Waals surface area contributed by atoms with E-state index >= 15 is 0 Å². The minimum absolute atomic E-state index is 0.0693. The number of Topliss-reactive ketones (excluding diaryl/α,β-unsaturated/α-hetero) is 1. The predicted molar refractivity (Wildman–Crippen MR) is 134 cm³/mol. The van der Waals surface area contributed by atoms with Gasteiger partial charge in [0.25, 0.3) is 11.7 Å². The molecule has 0 aliphatic carbocycles. The monoisotopic (exact) mass is 490 g/mol. The number of fused-ring (bicyclic) bond motifs is 1. The van der Waals surface area contributed by atoms with E-state index in [2.05, 4.69) is 9.88 Å². The van der Waals surface area contributed by atoms with E-state index in [9.17, 15) is 14.7 Å². The molecule has 0 saturated carbocycles. The first-order valence-electron chi connectivity index (χ1n) is 12.2. The number of aliphatic hydroxyl groups excluding tert-OH is 1. The second kappa shape index (κ2) is 10.1. The van der Waals surface area contributed by atoms with E-state index in [1.165, 1.54) is 0 Å². The zero-order valence-corrected chi connectivity index (χ0v) is 20.5. The van der Waals surface area contributed by atoms with E-state index in [1.54, 1.807) is 22.4 Å². The number of hydrogen-bond donors (Lipinski definition) is 1. The second-order valence-electron chi connectivity index (χ2n) is 8.92. The van der Waals surface area contributed by atoms with Crippen LogP contribution in [0.15, 0.2) is 54.2 Å². The number of nitrogens with zero attached hydrogens (tertiary/aromatic N) is 4. The number of morpholine rings is 1. The molecule has 0 bridgehead atoms. The first-order valence-corrected chi connectivity index (χ1v) is 12.2. The van der Waals surface area contributed by atoms with Gasteiger partial charge < -0.3 is 19.5 Å². The highest BCUT2D eigenvalue weighted by atomic mass is 16.5. The van der Waals surface area contributed by atoms with Crippen LogP contribution in [0, 0.1) is 6.92 Å². The molecule has 3 aromatic rings. The van der Waals surface area contributed by atoms with Gasteiger partial charge in [-0.25, -0.2) is 4.98 Å². The maximum atomic E-state index is 13.4. The van der Waals surface area contributed by atoms with Gasteiger partial charge in [0.15, 0.2) is 5.76 Å². The maximum absolute atomic E-state index is 13.4.